The molecule has 1 aromatic rings. The fourth-order valence-electron chi connectivity index (χ4n) is 3.96. The van der Waals surface area contributed by atoms with Crippen molar-refractivity contribution in [3.05, 3.63) is 29.3 Å². The molecule has 4 rings (SSSR count). The van der Waals surface area contributed by atoms with Crippen LogP contribution < -0.4 is 10.1 Å². The number of nitrogens with zero attached hydrogens (tertiary/aromatic N) is 1. The Bertz CT molecular complexity index is 624. The van der Waals surface area contributed by atoms with E-state index in [2.05, 4.69) is 22.3 Å². The van der Waals surface area contributed by atoms with Gasteiger partial charge in [0.25, 0.3) is 0 Å². The number of hydrogen-bond donors (Lipinski definition) is 2. The van der Waals surface area contributed by atoms with Crippen LogP contribution in [-0.2, 0) is 16.0 Å². The molecular weight excluding hydrogens is 320 g/mol. The number of ether oxygens (including phenoxy) is 2. The minimum absolute atomic E-state index is 0.0390. The van der Waals surface area contributed by atoms with Crippen molar-refractivity contribution in [2.24, 2.45) is 5.92 Å². The van der Waals surface area contributed by atoms with Crippen molar-refractivity contribution in [2.75, 3.05) is 39.5 Å². The van der Waals surface area contributed by atoms with Gasteiger partial charge in [-0.25, -0.2) is 0 Å². The second-order valence-corrected chi connectivity index (χ2v) is 7.28. The number of amides is 1. The van der Waals surface area contributed by atoms with E-state index in [1.54, 1.807) is 0 Å². The summed E-state index contributed by atoms with van der Waals surface area (Å²) in [5.41, 5.74) is 2.33. The third-order valence-electron chi connectivity index (χ3n) is 5.48. The molecule has 136 valence electrons. The molecule has 0 bridgehead atoms. The van der Waals surface area contributed by atoms with Crippen LogP contribution in [0.4, 0.5) is 0 Å². The summed E-state index contributed by atoms with van der Waals surface area (Å²) >= 11 is 0. The lowest BCUT2D eigenvalue weighted by Crippen LogP contribution is -2.47. The van der Waals surface area contributed by atoms with Crippen molar-refractivity contribution in [2.45, 2.75) is 31.4 Å². The number of morpholine rings is 1. The van der Waals surface area contributed by atoms with E-state index >= 15 is 0 Å². The van der Waals surface area contributed by atoms with Crippen molar-refractivity contribution in [3.63, 3.8) is 0 Å². The zero-order valence-electron chi connectivity index (χ0n) is 14.4. The van der Waals surface area contributed by atoms with Crippen molar-refractivity contribution in [1.29, 1.82) is 0 Å². The highest BCUT2D eigenvalue weighted by atomic mass is 16.5. The first-order valence-corrected chi connectivity index (χ1v) is 9.22. The second kappa shape index (κ2) is 7.32. The van der Waals surface area contributed by atoms with Gasteiger partial charge in [0.05, 0.1) is 38.5 Å². The van der Waals surface area contributed by atoms with Gasteiger partial charge >= 0.3 is 0 Å². The Labute approximate surface area is 148 Å². The lowest BCUT2D eigenvalue weighted by atomic mass is 9.75. The van der Waals surface area contributed by atoms with Crippen LogP contribution in [-0.4, -0.2) is 61.5 Å². The number of aliphatic hydroxyl groups excluding tert-OH is 1. The van der Waals surface area contributed by atoms with E-state index in [0.29, 0.717) is 25.7 Å². The molecule has 1 aromatic carbocycles. The average Bonchev–Trinajstić information content (AvgIpc) is 3.06. The van der Waals surface area contributed by atoms with Crippen molar-refractivity contribution < 1.29 is 19.4 Å². The number of carbonyl (C=O) groups is 1. The summed E-state index contributed by atoms with van der Waals surface area (Å²) in [5.74, 6) is 1.30. The normalized spacial score (nSPS) is 27.1. The molecule has 2 fully saturated rings. The van der Waals surface area contributed by atoms with Crippen LogP contribution in [0.3, 0.4) is 0 Å². The van der Waals surface area contributed by atoms with Gasteiger partial charge in [0.15, 0.2) is 0 Å². The molecule has 1 unspecified atom stereocenters. The van der Waals surface area contributed by atoms with E-state index in [4.69, 9.17) is 9.47 Å². The van der Waals surface area contributed by atoms with Gasteiger partial charge in [0.1, 0.15) is 5.75 Å². The highest BCUT2D eigenvalue weighted by molar-refractivity contribution is 5.78. The highest BCUT2D eigenvalue weighted by Crippen LogP contribution is 2.39. The number of carbonyl (C=O) groups excluding carboxylic acids is 1. The third-order valence-corrected chi connectivity index (χ3v) is 5.48. The maximum atomic E-state index is 12.6. The van der Waals surface area contributed by atoms with Gasteiger partial charge in [0, 0.05) is 19.5 Å². The van der Waals surface area contributed by atoms with Crippen LogP contribution in [0.1, 0.15) is 30.0 Å². The van der Waals surface area contributed by atoms with E-state index in [1.807, 2.05) is 6.07 Å². The summed E-state index contributed by atoms with van der Waals surface area (Å²) in [6.45, 7) is 4.12. The van der Waals surface area contributed by atoms with Crippen molar-refractivity contribution in [3.8, 4) is 5.75 Å². The first-order chi connectivity index (χ1) is 12.2. The molecular formula is C19H26N2O4. The van der Waals surface area contributed by atoms with Crippen LogP contribution in [0.2, 0.25) is 0 Å². The van der Waals surface area contributed by atoms with Gasteiger partial charge in [-0.3, -0.25) is 9.69 Å². The molecule has 6 nitrogen and oxygen atoms in total. The van der Waals surface area contributed by atoms with Gasteiger partial charge < -0.3 is 19.9 Å². The smallest absolute Gasteiger partial charge is 0.234 e. The Hall–Kier alpha value is -1.63. The summed E-state index contributed by atoms with van der Waals surface area (Å²) in [6, 6.07) is 6.18. The Morgan fingerprint density at radius 2 is 2.08 bits per heavy atom. The molecule has 1 aliphatic carbocycles. The monoisotopic (exact) mass is 346 g/mol. The summed E-state index contributed by atoms with van der Waals surface area (Å²) in [7, 11) is 0. The van der Waals surface area contributed by atoms with Gasteiger partial charge in [-0.05, 0) is 42.0 Å². The van der Waals surface area contributed by atoms with E-state index in [-0.39, 0.29) is 18.1 Å². The predicted molar refractivity (Wildman–Crippen MR) is 92.5 cm³/mol. The maximum absolute atomic E-state index is 12.6. The van der Waals surface area contributed by atoms with Gasteiger partial charge in [-0.1, -0.05) is 6.07 Å². The molecule has 2 heterocycles. The van der Waals surface area contributed by atoms with Gasteiger partial charge in [-0.2, -0.15) is 0 Å². The minimum Gasteiger partial charge on any atom is -0.493 e. The zero-order valence-corrected chi connectivity index (χ0v) is 14.4. The Morgan fingerprint density at radius 3 is 2.84 bits per heavy atom. The largest absolute Gasteiger partial charge is 0.493 e. The first-order valence-electron chi connectivity index (χ1n) is 9.22. The molecule has 1 saturated heterocycles. The molecule has 2 aliphatic heterocycles. The van der Waals surface area contributed by atoms with Crippen molar-refractivity contribution in [1.82, 2.24) is 10.2 Å². The van der Waals surface area contributed by atoms with E-state index in [9.17, 15) is 9.90 Å². The minimum atomic E-state index is -0.235. The van der Waals surface area contributed by atoms with Crippen LogP contribution in [0.25, 0.3) is 0 Å². The van der Waals surface area contributed by atoms with Gasteiger partial charge in [-0.15, -0.1) is 0 Å². The van der Waals surface area contributed by atoms with E-state index in [0.717, 1.165) is 50.3 Å². The standard InChI is InChI=1S/C19H26N2O4/c22-16-10-15(11-16)19(14-1-2-17-13(9-14)3-6-25-17)20-18(23)12-21-4-7-24-8-5-21/h1-2,9,15-16,19,22H,3-8,10-12H2,(H,20,23). The topological polar surface area (TPSA) is 71.0 Å². The lowest BCUT2D eigenvalue weighted by molar-refractivity contribution is -0.125. The molecule has 0 radical (unpaired) electrons. The predicted octanol–water partition coefficient (Wildman–Crippen LogP) is 0.882. The molecule has 25 heavy (non-hydrogen) atoms. The molecule has 2 N–H and O–H groups in total. The third kappa shape index (κ3) is 3.81. The molecule has 0 spiro atoms. The van der Waals surface area contributed by atoms with Crippen LogP contribution in [0, 0.1) is 5.92 Å². The molecule has 0 aromatic heterocycles. The Kier molecular flexibility index (Phi) is 4.92. The molecule has 1 atom stereocenters. The second-order valence-electron chi connectivity index (χ2n) is 7.28. The van der Waals surface area contributed by atoms with Crippen LogP contribution in [0.15, 0.2) is 18.2 Å². The summed E-state index contributed by atoms with van der Waals surface area (Å²) in [4.78, 5) is 14.7. The number of fused-ring (bicyclic) bond motifs is 1. The Morgan fingerprint density at radius 1 is 1.28 bits per heavy atom. The summed E-state index contributed by atoms with van der Waals surface area (Å²) in [6.07, 6.45) is 2.18. The van der Waals surface area contributed by atoms with E-state index < -0.39 is 0 Å². The lowest BCUT2D eigenvalue weighted by Gasteiger charge is -2.39. The maximum Gasteiger partial charge on any atom is 0.234 e. The quantitative estimate of drug-likeness (QED) is 0.828. The van der Waals surface area contributed by atoms with Crippen LogP contribution >= 0.6 is 0 Å². The molecule has 6 heteroatoms. The number of rotatable bonds is 5. The van der Waals surface area contributed by atoms with Crippen LogP contribution in [0.5, 0.6) is 5.75 Å². The number of nitrogens with one attached hydrogen (secondary N) is 1. The fraction of sp³-hybridized carbons (Fsp3) is 0.632. The fourth-order valence-corrected chi connectivity index (χ4v) is 3.96. The van der Waals surface area contributed by atoms with E-state index in [1.165, 1.54) is 5.56 Å². The zero-order chi connectivity index (χ0) is 17.2. The first kappa shape index (κ1) is 16.8. The SMILES string of the molecule is O=C(CN1CCOCC1)NC(c1ccc2c(c1)CCO2)C1CC(O)C1. The van der Waals surface area contributed by atoms with Crippen molar-refractivity contribution >= 4 is 5.91 Å². The number of hydrogen-bond acceptors (Lipinski definition) is 5. The Balaban J connectivity index is 1.45. The van der Waals surface area contributed by atoms with Gasteiger partial charge in [0.2, 0.25) is 5.91 Å². The average molecular weight is 346 g/mol. The molecule has 3 aliphatic rings. The highest BCUT2D eigenvalue weighted by Gasteiger charge is 2.36. The number of benzene rings is 1. The molecule has 1 amide bonds. The summed E-state index contributed by atoms with van der Waals surface area (Å²) < 4.78 is 10.9. The molecule has 1 saturated carbocycles. The number of aliphatic hydroxyl groups is 1. The summed E-state index contributed by atoms with van der Waals surface area (Å²) in [5, 5.41) is 12.9.